The minimum Gasteiger partial charge on any atom is -0.495 e. The molecule has 2 aromatic carbocycles. The quantitative estimate of drug-likeness (QED) is 0.656. The van der Waals surface area contributed by atoms with Gasteiger partial charge in [0.1, 0.15) is 5.75 Å². The van der Waals surface area contributed by atoms with Crippen LogP contribution in [0.2, 0.25) is 0 Å². The average Bonchev–Trinajstić information content (AvgIpc) is 3.09. The second-order valence-electron chi connectivity index (χ2n) is 5.24. The highest BCUT2D eigenvalue weighted by atomic mass is 32.2. The summed E-state index contributed by atoms with van der Waals surface area (Å²) in [6.45, 7) is 2.03. The van der Waals surface area contributed by atoms with E-state index in [0.717, 1.165) is 15.5 Å². The maximum Gasteiger partial charge on any atom is 0.234 e. The first-order valence-corrected chi connectivity index (χ1v) is 9.38. The molecule has 0 saturated heterocycles. The summed E-state index contributed by atoms with van der Waals surface area (Å²) in [6.07, 6.45) is 0. The molecule has 0 bridgehead atoms. The number of amides is 1. The summed E-state index contributed by atoms with van der Waals surface area (Å²) in [5.74, 6) is 1.50. The zero-order valence-electron chi connectivity index (χ0n) is 13.9. The van der Waals surface area contributed by atoms with E-state index in [9.17, 15) is 4.79 Å². The summed E-state index contributed by atoms with van der Waals surface area (Å²) >= 11 is 2.68. The second kappa shape index (κ2) is 8.13. The van der Waals surface area contributed by atoms with E-state index in [0.29, 0.717) is 17.3 Å². The summed E-state index contributed by atoms with van der Waals surface area (Å²) in [5.41, 5.74) is 2.81. The first-order valence-electron chi connectivity index (χ1n) is 7.63. The first kappa shape index (κ1) is 17.4. The highest BCUT2D eigenvalue weighted by molar-refractivity contribution is 8.01. The van der Waals surface area contributed by atoms with Crippen molar-refractivity contribution in [1.29, 1.82) is 0 Å². The number of hydrogen-bond acceptors (Lipinski definition) is 6. The van der Waals surface area contributed by atoms with Crippen LogP contribution in [0.25, 0.3) is 11.4 Å². The lowest BCUT2D eigenvalue weighted by Crippen LogP contribution is -2.14. The smallest absolute Gasteiger partial charge is 0.234 e. The minimum absolute atomic E-state index is 0.109. The SMILES string of the molecule is COc1ccccc1NC(=O)CSc1nc(-c2ccccc2C)ns1. The molecule has 0 atom stereocenters. The molecule has 3 rings (SSSR count). The number of nitrogens with one attached hydrogen (secondary N) is 1. The Kier molecular flexibility index (Phi) is 5.67. The lowest BCUT2D eigenvalue weighted by Gasteiger charge is -2.08. The molecule has 0 saturated carbocycles. The Balaban J connectivity index is 1.61. The van der Waals surface area contributed by atoms with Gasteiger partial charge in [-0.1, -0.05) is 48.2 Å². The normalized spacial score (nSPS) is 10.5. The van der Waals surface area contributed by atoms with Crippen molar-refractivity contribution in [2.24, 2.45) is 0 Å². The van der Waals surface area contributed by atoms with E-state index in [4.69, 9.17) is 4.74 Å². The van der Waals surface area contributed by atoms with E-state index in [1.165, 1.54) is 23.3 Å². The maximum absolute atomic E-state index is 12.2. The first-order chi connectivity index (χ1) is 12.2. The molecule has 0 aliphatic carbocycles. The molecule has 5 nitrogen and oxygen atoms in total. The Morgan fingerprint density at radius 2 is 1.96 bits per heavy atom. The average molecular weight is 371 g/mol. The third-order valence-electron chi connectivity index (χ3n) is 3.50. The number of carbonyl (C=O) groups is 1. The fourth-order valence-corrected chi connectivity index (χ4v) is 3.67. The predicted molar refractivity (Wildman–Crippen MR) is 102 cm³/mol. The molecule has 1 aromatic heterocycles. The number of methoxy groups -OCH3 is 1. The Labute approximate surface area is 154 Å². The Bertz CT molecular complexity index is 880. The number of ether oxygens (including phenoxy) is 1. The lowest BCUT2D eigenvalue weighted by atomic mass is 10.1. The van der Waals surface area contributed by atoms with Crippen LogP contribution in [0.5, 0.6) is 5.75 Å². The largest absolute Gasteiger partial charge is 0.495 e. The second-order valence-corrected chi connectivity index (χ2v) is 7.21. The molecule has 0 aliphatic heterocycles. The van der Waals surface area contributed by atoms with Crippen LogP contribution in [-0.4, -0.2) is 28.1 Å². The van der Waals surface area contributed by atoms with Gasteiger partial charge in [0, 0.05) is 5.56 Å². The molecule has 1 heterocycles. The van der Waals surface area contributed by atoms with Gasteiger partial charge in [-0.05, 0) is 36.2 Å². The molecule has 0 radical (unpaired) electrons. The Morgan fingerprint density at radius 3 is 2.76 bits per heavy atom. The van der Waals surface area contributed by atoms with Gasteiger partial charge < -0.3 is 10.1 Å². The van der Waals surface area contributed by atoms with Gasteiger partial charge in [0.25, 0.3) is 0 Å². The van der Waals surface area contributed by atoms with Crippen molar-refractivity contribution in [2.75, 3.05) is 18.2 Å². The molecule has 128 valence electrons. The summed E-state index contributed by atoms with van der Waals surface area (Å²) in [4.78, 5) is 16.7. The number of thioether (sulfide) groups is 1. The van der Waals surface area contributed by atoms with Crippen molar-refractivity contribution >= 4 is 34.9 Å². The molecule has 0 fully saturated rings. The number of aryl methyl sites for hydroxylation is 1. The highest BCUT2D eigenvalue weighted by Crippen LogP contribution is 2.28. The van der Waals surface area contributed by atoms with Crippen LogP contribution in [0.4, 0.5) is 5.69 Å². The molecule has 25 heavy (non-hydrogen) atoms. The topological polar surface area (TPSA) is 64.1 Å². The van der Waals surface area contributed by atoms with Crippen molar-refractivity contribution < 1.29 is 9.53 Å². The third kappa shape index (κ3) is 4.37. The molecular formula is C18H17N3O2S2. The Morgan fingerprint density at radius 1 is 1.20 bits per heavy atom. The van der Waals surface area contributed by atoms with Gasteiger partial charge in [0.05, 0.1) is 18.6 Å². The van der Waals surface area contributed by atoms with Crippen molar-refractivity contribution in [2.45, 2.75) is 11.3 Å². The van der Waals surface area contributed by atoms with Gasteiger partial charge >= 0.3 is 0 Å². The maximum atomic E-state index is 12.2. The van der Waals surface area contributed by atoms with Crippen LogP contribution in [0, 0.1) is 6.92 Å². The molecule has 0 spiro atoms. The van der Waals surface area contributed by atoms with E-state index in [2.05, 4.69) is 14.7 Å². The monoisotopic (exact) mass is 371 g/mol. The zero-order chi connectivity index (χ0) is 17.6. The molecular weight excluding hydrogens is 354 g/mol. The summed E-state index contributed by atoms with van der Waals surface area (Å²) < 4.78 is 10.4. The van der Waals surface area contributed by atoms with E-state index < -0.39 is 0 Å². The molecule has 1 amide bonds. The van der Waals surface area contributed by atoms with E-state index in [1.807, 2.05) is 55.5 Å². The summed E-state index contributed by atoms with van der Waals surface area (Å²) in [5, 5.41) is 2.85. The molecule has 1 N–H and O–H groups in total. The number of carbonyl (C=O) groups excluding carboxylic acids is 1. The highest BCUT2D eigenvalue weighted by Gasteiger charge is 2.12. The number of nitrogens with zero attached hydrogens (tertiary/aromatic N) is 2. The van der Waals surface area contributed by atoms with E-state index in [-0.39, 0.29) is 11.7 Å². The third-order valence-corrected chi connectivity index (χ3v) is 5.33. The molecule has 0 aliphatic rings. The Hall–Kier alpha value is -2.38. The number of aromatic nitrogens is 2. The van der Waals surface area contributed by atoms with Gasteiger partial charge in [-0.3, -0.25) is 4.79 Å². The molecule has 7 heteroatoms. The number of anilines is 1. The number of benzene rings is 2. The van der Waals surface area contributed by atoms with Gasteiger partial charge in [0.15, 0.2) is 10.2 Å². The van der Waals surface area contributed by atoms with Crippen LogP contribution in [-0.2, 0) is 4.79 Å². The zero-order valence-corrected chi connectivity index (χ0v) is 15.5. The van der Waals surface area contributed by atoms with Crippen LogP contribution < -0.4 is 10.1 Å². The molecule has 0 unspecified atom stereocenters. The van der Waals surface area contributed by atoms with E-state index >= 15 is 0 Å². The fourth-order valence-electron chi connectivity index (χ4n) is 2.26. The molecule has 3 aromatic rings. The van der Waals surface area contributed by atoms with Crippen LogP contribution in [0.1, 0.15) is 5.56 Å². The van der Waals surface area contributed by atoms with Crippen molar-refractivity contribution in [3.05, 3.63) is 54.1 Å². The summed E-state index contributed by atoms with van der Waals surface area (Å²) in [6, 6.07) is 15.3. The van der Waals surface area contributed by atoms with Gasteiger partial charge in [0.2, 0.25) is 5.91 Å². The van der Waals surface area contributed by atoms with Crippen LogP contribution in [0.3, 0.4) is 0 Å². The lowest BCUT2D eigenvalue weighted by molar-refractivity contribution is -0.113. The van der Waals surface area contributed by atoms with Crippen molar-refractivity contribution in [1.82, 2.24) is 9.36 Å². The van der Waals surface area contributed by atoms with Crippen LogP contribution >= 0.6 is 23.3 Å². The van der Waals surface area contributed by atoms with Gasteiger partial charge in [-0.2, -0.15) is 4.37 Å². The number of hydrogen-bond donors (Lipinski definition) is 1. The van der Waals surface area contributed by atoms with Gasteiger partial charge in [-0.15, -0.1) is 0 Å². The standard InChI is InChI=1S/C18H17N3O2S2/c1-12-7-3-4-8-13(12)17-20-18(25-21-17)24-11-16(22)19-14-9-5-6-10-15(14)23-2/h3-10H,11H2,1-2H3,(H,19,22). The predicted octanol–water partition coefficient (Wildman–Crippen LogP) is 4.25. The van der Waals surface area contributed by atoms with Crippen LogP contribution in [0.15, 0.2) is 52.9 Å². The van der Waals surface area contributed by atoms with Crippen molar-refractivity contribution in [3.63, 3.8) is 0 Å². The summed E-state index contributed by atoms with van der Waals surface area (Å²) in [7, 11) is 1.58. The van der Waals surface area contributed by atoms with Crippen molar-refractivity contribution in [3.8, 4) is 17.1 Å². The number of para-hydroxylation sites is 2. The minimum atomic E-state index is -0.109. The number of rotatable bonds is 6. The van der Waals surface area contributed by atoms with E-state index in [1.54, 1.807) is 7.11 Å². The fraction of sp³-hybridized carbons (Fsp3) is 0.167. The van der Waals surface area contributed by atoms with Gasteiger partial charge in [-0.25, -0.2) is 4.98 Å².